The number of anilines is 1. The third-order valence-electron chi connectivity index (χ3n) is 4.46. The summed E-state index contributed by atoms with van der Waals surface area (Å²) >= 11 is 0. The van der Waals surface area contributed by atoms with Crippen molar-refractivity contribution in [3.05, 3.63) is 60.2 Å². The van der Waals surface area contributed by atoms with Gasteiger partial charge in [-0.2, -0.15) is 0 Å². The van der Waals surface area contributed by atoms with Crippen LogP contribution in [-0.4, -0.2) is 48.6 Å². The van der Waals surface area contributed by atoms with Gasteiger partial charge in [-0.1, -0.05) is 37.3 Å². The molecule has 2 aromatic rings. The Balaban J connectivity index is 1.48. The van der Waals surface area contributed by atoms with E-state index < -0.39 is 0 Å². The van der Waals surface area contributed by atoms with Gasteiger partial charge in [-0.05, 0) is 36.4 Å². The van der Waals surface area contributed by atoms with Crippen LogP contribution in [0.5, 0.6) is 5.75 Å². The lowest BCUT2D eigenvalue weighted by atomic mass is 10.2. The second-order valence-electron chi connectivity index (χ2n) is 6.15. The van der Waals surface area contributed by atoms with Crippen LogP contribution < -0.4 is 10.1 Å². The molecule has 1 saturated heterocycles. The van der Waals surface area contributed by atoms with E-state index in [-0.39, 0.29) is 6.03 Å². The predicted molar refractivity (Wildman–Crippen MR) is 99.9 cm³/mol. The highest BCUT2D eigenvalue weighted by Crippen LogP contribution is 2.17. The SMILES string of the molecule is CCN1CCN(C(=O)Nc2ccc(OCc3ccccc3)cc2)CC1. The van der Waals surface area contributed by atoms with Crippen LogP contribution in [0.2, 0.25) is 0 Å². The molecule has 25 heavy (non-hydrogen) atoms. The monoisotopic (exact) mass is 339 g/mol. The first-order valence-electron chi connectivity index (χ1n) is 8.79. The predicted octanol–water partition coefficient (Wildman–Crippen LogP) is 3.44. The van der Waals surface area contributed by atoms with Gasteiger partial charge in [0.15, 0.2) is 0 Å². The van der Waals surface area contributed by atoms with Crippen LogP contribution in [0.4, 0.5) is 10.5 Å². The number of amides is 2. The summed E-state index contributed by atoms with van der Waals surface area (Å²) in [5.74, 6) is 0.790. The van der Waals surface area contributed by atoms with Crippen LogP contribution in [0.25, 0.3) is 0 Å². The van der Waals surface area contributed by atoms with Crippen molar-refractivity contribution >= 4 is 11.7 Å². The van der Waals surface area contributed by atoms with Crippen LogP contribution in [-0.2, 0) is 6.61 Å². The number of benzene rings is 2. The first-order valence-corrected chi connectivity index (χ1v) is 8.79. The van der Waals surface area contributed by atoms with Crippen molar-refractivity contribution in [2.24, 2.45) is 0 Å². The zero-order valence-corrected chi connectivity index (χ0v) is 14.6. The zero-order valence-electron chi connectivity index (χ0n) is 14.6. The second-order valence-corrected chi connectivity index (χ2v) is 6.15. The molecule has 3 rings (SSSR count). The van der Waals surface area contributed by atoms with Crippen LogP contribution in [0.15, 0.2) is 54.6 Å². The Bertz CT molecular complexity index is 665. The fraction of sp³-hybridized carbons (Fsp3) is 0.350. The van der Waals surface area contributed by atoms with E-state index in [0.717, 1.165) is 49.7 Å². The normalized spacial score (nSPS) is 15.0. The molecule has 0 atom stereocenters. The molecule has 5 heteroatoms. The molecule has 0 aromatic heterocycles. The van der Waals surface area contributed by atoms with Gasteiger partial charge in [-0.25, -0.2) is 4.79 Å². The van der Waals surface area contributed by atoms with Crippen molar-refractivity contribution < 1.29 is 9.53 Å². The van der Waals surface area contributed by atoms with E-state index >= 15 is 0 Å². The van der Waals surface area contributed by atoms with E-state index in [1.807, 2.05) is 59.5 Å². The van der Waals surface area contributed by atoms with Gasteiger partial charge in [0, 0.05) is 31.9 Å². The van der Waals surface area contributed by atoms with Gasteiger partial charge in [-0.15, -0.1) is 0 Å². The number of carbonyl (C=O) groups excluding carboxylic acids is 1. The van der Waals surface area contributed by atoms with Crippen molar-refractivity contribution in [3.8, 4) is 5.75 Å². The van der Waals surface area contributed by atoms with E-state index in [0.29, 0.717) is 6.61 Å². The number of hydrogen-bond acceptors (Lipinski definition) is 3. The van der Waals surface area contributed by atoms with Crippen molar-refractivity contribution in [2.45, 2.75) is 13.5 Å². The molecule has 5 nitrogen and oxygen atoms in total. The van der Waals surface area contributed by atoms with E-state index in [1.54, 1.807) is 0 Å². The molecule has 1 fully saturated rings. The summed E-state index contributed by atoms with van der Waals surface area (Å²) in [4.78, 5) is 16.5. The molecule has 0 unspecified atom stereocenters. The summed E-state index contributed by atoms with van der Waals surface area (Å²) in [5.41, 5.74) is 1.92. The van der Waals surface area contributed by atoms with Crippen LogP contribution in [0, 0.1) is 0 Å². The summed E-state index contributed by atoms with van der Waals surface area (Å²) in [6.45, 7) is 7.16. The lowest BCUT2D eigenvalue weighted by Crippen LogP contribution is -2.49. The fourth-order valence-electron chi connectivity index (χ4n) is 2.85. The van der Waals surface area contributed by atoms with Crippen LogP contribution >= 0.6 is 0 Å². The highest BCUT2D eigenvalue weighted by Gasteiger charge is 2.19. The minimum atomic E-state index is -0.0336. The third-order valence-corrected chi connectivity index (χ3v) is 4.46. The maximum Gasteiger partial charge on any atom is 0.321 e. The van der Waals surface area contributed by atoms with Crippen LogP contribution in [0.3, 0.4) is 0 Å². The Morgan fingerprint density at radius 2 is 1.68 bits per heavy atom. The first kappa shape index (κ1) is 17.3. The molecule has 0 radical (unpaired) electrons. The first-order chi connectivity index (χ1) is 12.2. The largest absolute Gasteiger partial charge is 0.489 e. The number of hydrogen-bond donors (Lipinski definition) is 1. The molecule has 1 aliphatic heterocycles. The number of nitrogens with zero attached hydrogens (tertiary/aromatic N) is 2. The standard InChI is InChI=1S/C20H25N3O2/c1-2-22-12-14-23(15-13-22)20(24)21-18-8-10-19(11-9-18)25-16-17-6-4-3-5-7-17/h3-11H,2,12-16H2,1H3,(H,21,24). The fourth-order valence-corrected chi connectivity index (χ4v) is 2.85. The summed E-state index contributed by atoms with van der Waals surface area (Å²) in [6, 6.07) is 17.5. The van der Waals surface area contributed by atoms with Gasteiger partial charge in [0.1, 0.15) is 12.4 Å². The average Bonchev–Trinajstić information content (AvgIpc) is 2.68. The molecule has 0 spiro atoms. The van der Waals surface area contributed by atoms with E-state index in [9.17, 15) is 4.79 Å². The minimum absolute atomic E-state index is 0.0336. The average molecular weight is 339 g/mol. The summed E-state index contributed by atoms with van der Waals surface area (Å²) < 4.78 is 5.76. The van der Waals surface area contributed by atoms with Crippen molar-refractivity contribution in [2.75, 3.05) is 38.0 Å². The van der Waals surface area contributed by atoms with Gasteiger partial charge in [0.25, 0.3) is 0 Å². The lowest BCUT2D eigenvalue weighted by Gasteiger charge is -2.33. The number of piperazine rings is 1. The molecular formula is C20H25N3O2. The van der Waals surface area contributed by atoms with Gasteiger partial charge < -0.3 is 19.9 Å². The highest BCUT2D eigenvalue weighted by atomic mass is 16.5. The summed E-state index contributed by atoms with van der Waals surface area (Å²) in [5, 5.41) is 2.96. The number of carbonyl (C=O) groups is 1. The number of rotatable bonds is 5. The molecular weight excluding hydrogens is 314 g/mol. The highest BCUT2D eigenvalue weighted by molar-refractivity contribution is 5.89. The van der Waals surface area contributed by atoms with E-state index in [1.165, 1.54) is 0 Å². The Morgan fingerprint density at radius 3 is 2.32 bits per heavy atom. The molecule has 2 aromatic carbocycles. The molecule has 1 aliphatic rings. The number of ether oxygens (including phenoxy) is 1. The van der Waals surface area contributed by atoms with Gasteiger partial charge >= 0.3 is 6.03 Å². The topological polar surface area (TPSA) is 44.8 Å². The van der Waals surface area contributed by atoms with Crippen molar-refractivity contribution in [1.82, 2.24) is 9.80 Å². The molecule has 2 amide bonds. The number of nitrogens with one attached hydrogen (secondary N) is 1. The van der Waals surface area contributed by atoms with Gasteiger partial charge in [-0.3, -0.25) is 0 Å². The maximum atomic E-state index is 12.3. The van der Waals surface area contributed by atoms with Crippen LogP contribution in [0.1, 0.15) is 12.5 Å². The molecule has 1 heterocycles. The quantitative estimate of drug-likeness (QED) is 0.908. The number of likely N-dealkylation sites (N-methyl/N-ethyl adjacent to an activating group) is 1. The summed E-state index contributed by atoms with van der Waals surface area (Å²) in [7, 11) is 0. The van der Waals surface area contributed by atoms with E-state index in [2.05, 4.69) is 17.1 Å². The maximum absolute atomic E-state index is 12.3. The molecule has 132 valence electrons. The Labute approximate surface area is 149 Å². The zero-order chi connectivity index (χ0) is 17.5. The smallest absolute Gasteiger partial charge is 0.321 e. The molecule has 0 saturated carbocycles. The summed E-state index contributed by atoms with van der Waals surface area (Å²) in [6.07, 6.45) is 0. The Hall–Kier alpha value is -2.53. The third kappa shape index (κ3) is 4.97. The lowest BCUT2D eigenvalue weighted by molar-refractivity contribution is 0.151. The van der Waals surface area contributed by atoms with E-state index in [4.69, 9.17) is 4.74 Å². The number of urea groups is 1. The van der Waals surface area contributed by atoms with Crippen molar-refractivity contribution in [1.29, 1.82) is 0 Å². The van der Waals surface area contributed by atoms with Gasteiger partial charge in [0.2, 0.25) is 0 Å². The second kappa shape index (κ2) is 8.53. The molecule has 1 N–H and O–H groups in total. The Kier molecular flexibility index (Phi) is 5.90. The Morgan fingerprint density at radius 1 is 1.00 bits per heavy atom. The van der Waals surface area contributed by atoms with Crippen molar-refractivity contribution in [3.63, 3.8) is 0 Å². The minimum Gasteiger partial charge on any atom is -0.489 e. The van der Waals surface area contributed by atoms with Gasteiger partial charge in [0.05, 0.1) is 0 Å². The molecule has 0 aliphatic carbocycles. The molecule has 0 bridgehead atoms.